The number of carbonyl (C=O) groups excluding carboxylic acids is 1. The molecule has 0 bridgehead atoms. The van der Waals surface area contributed by atoms with Crippen LogP contribution in [0, 0.1) is 17.8 Å². The molecule has 2 aliphatic rings. The zero-order valence-corrected chi connectivity index (χ0v) is 14.5. The quantitative estimate of drug-likeness (QED) is 0.834. The summed E-state index contributed by atoms with van der Waals surface area (Å²) in [7, 11) is 0. The highest BCUT2D eigenvalue weighted by atomic mass is 35.5. The molecule has 1 saturated heterocycles. The minimum Gasteiger partial charge on any atom is -0.342 e. The Balaban J connectivity index is 0.00000264. The first-order valence-electron chi connectivity index (χ1n) is 8.48. The number of rotatable bonds is 4. The van der Waals surface area contributed by atoms with Gasteiger partial charge >= 0.3 is 6.18 Å². The van der Waals surface area contributed by atoms with Gasteiger partial charge in [0.25, 0.3) is 0 Å². The molecule has 3 nitrogen and oxygen atoms in total. The second-order valence-corrected chi connectivity index (χ2v) is 6.68. The largest absolute Gasteiger partial charge is 0.391 e. The van der Waals surface area contributed by atoms with Gasteiger partial charge in [0.2, 0.25) is 5.91 Å². The van der Waals surface area contributed by atoms with Gasteiger partial charge in [0.15, 0.2) is 0 Å². The lowest BCUT2D eigenvalue weighted by atomic mass is 9.80. The molecule has 2 atom stereocenters. The summed E-state index contributed by atoms with van der Waals surface area (Å²) in [6.45, 7) is 5.38. The number of alkyl halides is 3. The van der Waals surface area contributed by atoms with Gasteiger partial charge in [-0.3, -0.25) is 4.79 Å². The molecule has 7 heteroatoms. The molecule has 0 spiro atoms. The van der Waals surface area contributed by atoms with Gasteiger partial charge in [-0.1, -0.05) is 13.3 Å². The molecule has 1 aliphatic heterocycles. The fourth-order valence-electron chi connectivity index (χ4n) is 3.68. The van der Waals surface area contributed by atoms with E-state index >= 15 is 0 Å². The predicted molar refractivity (Wildman–Crippen MR) is 86.6 cm³/mol. The van der Waals surface area contributed by atoms with E-state index in [0.717, 1.165) is 25.9 Å². The topological polar surface area (TPSA) is 32.3 Å². The third-order valence-corrected chi connectivity index (χ3v) is 5.10. The van der Waals surface area contributed by atoms with Crippen molar-refractivity contribution >= 4 is 18.3 Å². The number of amides is 1. The first-order valence-corrected chi connectivity index (χ1v) is 8.48. The number of hydrogen-bond donors (Lipinski definition) is 1. The standard InChI is InChI=1S/C16H27F3N2O.ClH/c1-2-20-11-12-6-8-21(9-7-12)15(22)13-4-3-5-14(10-13)16(17,18)19;/h12-14,20H,2-11H2,1H3;1H. The third-order valence-electron chi connectivity index (χ3n) is 5.10. The van der Waals surface area contributed by atoms with Crippen molar-refractivity contribution < 1.29 is 18.0 Å². The van der Waals surface area contributed by atoms with Gasteiger partial charge in [-0.05, 0) is 51.1 Å². The molecule has 2 unspecified atom stereocenters. The molecular weight excluding hydrogens is 329 g/mol. The molecule has 1 saturated carbocycles. The van der Waals surface area contributed by atoms with E-state index in [1.54, 1.807) is 4.90 Å². The van der Waals surface area contributed by atoms with Crippen molar-refractivity contribution in [3.05, 3.63) is 0 Å². The van der Waals surface area contributed by atoms with E-state index in [0.29, 0.717) is 31.8 Å². The summed E-state index contributed by atoms with van der Waals surface area (Å²) in [5, 5.41) is 3.32. The molecule has 0 aromatic carbocycles. The van der Waals surface area contributed by atoms with Gasteiger partial charge in [-0.15, -0.1) is 12.4 Å². The van der Waals surface area contributed by atoms with Crippen LogP contribution in [0.1, 0.15) is 45.4 Å². The van der Waals surface area contributed by atoms with Crippen LogP contribution in [0.5, 0.6) is 0 Å². The van der Waals surface area contributed by atoms with Gasteiger partial charge in [0, 0.05) is 19.0 Å². The summed E-state index contributed by atoms with van der Waals surface area (Å²) >= 11 is 0. The van der Waals surface area contributed by atoms with Crippen molar-refractivity contribution in [2.45, 2.75) is 51.6 Å². The average molecular weight is 357 g/mol. The first kappa shape index (κ1) is 20.6. The molecule has 1 N–H and O–H groups in total. The monoisotopic (exact) mass is 356 g/mol. The fourth-order valence-corrected chi connectivity index (χ4v) is 3.68. The van der Waals surface area contributed by atoms with E-state index in [1.165, 1.54) is 0 Å². The van der Waals surface area contributed by atoms with Gasteiger partial charge < -0.3 is 10.2 Å². The maximum atomic E-state index is 12.9. The van der Waals surface area contributed by atoms with Crippen LogP contribution in [0.2, 0.25) is 0 Å². The fraction of sp³-hybridized carbons (Fsp3) is 0.938. The van der Waals surface area contributed by atoms with Crippen molar-refractivity contribution in [2.24, 2.45) is 17.8 Å². The number of nitrogens with one attached hydrogen (secondary N) is 1. The molecule has 2 rings (SSSR count). The normalized spacial score (nSPS) is 26.7. The average Bonchev–Trinajstić information content (AvgIpc) is 2.52. The summed E-state index contributed by atoms with van der Waals surface area (Å²) in [4.78, 5) is 14.3. The van der Waals surface area contributed by atoms with Crippen LogP contribution in [0.4, 0.5) is 13.2 Å². The smallest absolute Gasteiger partial charge is 0.342 e. The Hall–Kier alpha value is -0.490. The molecule has 1 heterocycles. The Morgan fingerprint density at radius 1 is 1.17 bits per heavy atom. The molecule has 0 aromatic heterocycles. The highest BCUT2D eigenvalue weighted by Gasteiger charge is 2.44. The van der Waals surface area contributed by atoms with Crippen LogP contribution in [-0.4, -0.2) is 43.2 Å². The highest BCUT2D eigenvalue weighted by molar-refractivity contribution is 5.85. The van der Waals surface area contributed by atoms with Gasteiger partial charge in [0.05, 0.1) is 5.92 Å². The summed E-state index contributed by atoms with van der Waals surface area (Å²) < 4.78 is 38.6. The molecule has 136 valence electrons. The molecule has 2 fully saturated rings. The minimum atomic E-state index is -4.15. The Morgan fingerprint density at radius 2 is 1.83 bits per heavy atom. The van der Waals surface area contributed by atoms with E-state index < -0.39 is 18.0 Å². The number of likely N-dealkylation sites (tertiary alicyclic amines) is 1. The maximum absolute atomic E-state index is 12.9. The second kappa shape index (κ2) is 9.11. The molecule has 1 aliphatic carbocycles. The first-order chi connectivity index (χ1) is 10.4. The van der Waals surface area contributed by atoms with Crippen LogP contribution >= 0.6 is 12.4 Å². The summed E-state index contributed by atoms with van der Waals surface area (Å²) in [6.07, 6.45) is -0.960. The molecule has 0 aromatic rings. The van der Waals surface area contributed by atoms with Crippen molar-refractivity contribution in [1.29, 1.82) is 0 Å². The summed E-state index contributed by atoms with van der Waals surface area (Å²) in [6, 6.07) is 0. The number of piperidine rings is 1. The van der Waals surface area contributed by atoms with E-state index in [9.17, 15) is 18.0 Å². The Bertz CT molecular complexity index is 371. The summed E-state index contributed by atoms with van der Waals surface area (Å²) in [5.74, 6) is -1.18. The van der Waals surface area contributed by atoms with Crippen molar-refractivity contribution in [3.8, 4) is 0 Å². The van der Waals surface area contributed by atoms with E-state index in [2.05, 4.69) is 12.2 Å². The second-order valence-electron chi connectivity index (χ2n) is 6.68. The lowest BCUT2D eigenvalue weighted by Crippen LogP contribution is -2.45. The predicted octanol–water partition coefficient (Wildman–Crippen LogP) is 3.63. The van der Waals surface area contributed by atoms with Gasteiger partial charge in [-0.25, -0.2) is 0 Å². The summed E-state index contributed by atoms with van der Waals surface area (Å²) in [5.41, 5.74) is 0. The van der Waals surface area contributed by atoms with Crippen molar-refractivity contribution in [1.82, 2.24) is 10.2 Å². The Morgan fingerprint density at radius 3 is 2.39 bits per heavy atom. The van der Waals surface area contributed by atoms with Gasteiger partial charge in [0.1, 0.15) is 0 Å². The number of hydrogen-bond acceptors (Lipinski definition) is 2. The Labute approximate surface area is 142 Å². The van der Waals surface area contributed by atoms with Crippen molar-refractivity contribution in [2.75, 3.05) is 26.2 Å². The molecule has 23 heavy (non-hydrogen) atoms. The lowest BCUT2D eigenvalue weighted by Gasteiger charge is -2.37. The van der Waals surface area contributed by atoms with Crippen LogP contribution in [0.15, 0.2) is 0 Å². The van der Waals surface area contributed by atoms with Crippen molar-refractivity contribution in [3.63, 3.8) is 0 Å². The lowest BCUT2D eigenvalue weighted by molar-refractivity contribution is -0.187. The van der Waals surface area contributed by atoms with Crippen LogP contribution < -0.4 is 5.32 Å². The zero-order chi connectivity index (χ0) is 16.2. The number of halogens is 4. The molecule has 1 amide bonds. The highest BCUT2D eigenvalue weighted by Crippen LogP contribution is 2.40. The maximum Gasteiger partial charge on any atom is 0.391 e. The third kappa shape index (κ3) is 5.82. The number of carbonyl (C=O) groups is 1. The Kier molecular flexibility index (Phi) is 8.14. The molecule has 0 radical (unpaired) electrons. The van der Waals surface area contributed by atoms with Crippen LogP contribution in [-0.2, 0) is 4.79 Å². The van der Waals surface area contributed by atoms with E-state index in [-0.39, 0.29) is 31.2 Å². The number of nitrogens with zero attached hydrogens (tertiary/aromatic N) is 1. The zero-order valence-electron chi connectivity index (χ0n) is 13.7. The van der Waals surface area contributed by atoms with Gasteiger partial charge in [-0.2, -0.15) is 13.2 Å². The SMILES string of the molecule is CCNCC1CCN(C(=O)C2CCCC(C(F)(F)F)C2)CC1.Cl. The molecular formula is C16H28ClF3N2O. The van der Waals surface area contributed by atoms with E-state index in [4.69, 9.17) is 0 Å². The van der Waals surface area contributed by atoms with Crippen LogP contribution in [0.25, 0.3) is 0 Å². The van der Waals surface area contributed by atoms with E-state index in [1.807, 2.05) is 0 Å². The van der Waals surface area contributed by atoms with Crippen LogP contribution in [0.3, 0.4) is 0 Å². The minimum absolute atomic E-state index is 0.